The summed E-state index contributed by atoms with van der Waals surface area (Å²) in [6, 6.07) is 7.67. The third-order valence-electron chi connectivity index (χ3n) is 3.45. The summed E-state index contributed by atoms with van der Waals surface area (Å²) in [7, 11) is 0. The quantitative estimate of drug-likeness (QED) is 0.698. The smallest absolute Gasteiger partial charge is 0.138 e. The molecule has 0 heterocycles. The fourth-order valence-electron chi connectivity index (χ4n) is 2.68. The van der Waals surface area contributed by atoms with E-state index in [-0.39, 0.29) is 11.7 Å². The second-order valence-electron chi connectivity index (χ2n) is 6.72. The lowest BCUT2D eigenvalue weighted by molar-refractivity contribution is -0.118. The van der Waals surface area contributed by atoms with Crippen LogP contribution in [0.1, 0.15) is 46.1 Å². The van der Waals surface area contributed by atoms with Gasteiger partial charge in [0.15, 0.2) is 0 Å². The molecule has 0 saturated heterocycles. The van der Waals surface area contributed by atoms with E-state index < -0.39 is 0 Å². The zero-order valence-electron chi connectivity index (χ0n) is 13.9. The van der Waals surface area contributed by atoms with Crippen molar-refractivity contribution in [3.63, 3.8) is 0 Å². The van der Waals surface area contributed by atoms with Gasteiger partial charge in [-0.25, -0.2) is 0 Å². The first-order valence-corrected chi connectivity index (χ1v) is 8.15. The van der Waals surface area contributed by atoms with Crippen molar-refractivity contribution in [2.75, 3.05) is 19.6 Å². The molecule has 1 aromatic rings. The molecule has 0 spiro atoms. The van der Waals surface area contributed by atoms with E-state index in [1.165, 1.54) is 0 Å². The van der Waals surface area contributed by atoms with Gasteiger partial charge in [-0.3, -0.25) is 4.79 Å². The number of carbonyl (C=O) groups is 1. The van der Waals surface area contributed by atoms with Gasteiger partial charge in [-0.2, -0.15) is 0 Å². The van der Waals surface area contributed by atoms with E-state index >= 15 is 0 Å². The Kier molecular flexibility index (Phi) is 7.41. The van der Waals surface area contributed by atoms with Crippen LogP contribution in [0.15, 0.2) is 24.3 Å². The average molecular weight is 310 g/mol. The highest BCUT2D eigenvalue weighted by atomic mass is 35.5. The molecule has 0 aliphatic rings. The van der Waals surface area contributed by atoms with Gasteiger partial charge in [-0.15, -0.1) is 0 Å². The molecule has 118 valence electrons. The van der Waals surface area contributed by atoms with E-state index in [0.717, 1.165) is 25.2 Å². The van der Waals surface area contributed by atoms with Crippen LogP contribution in [-0.2, 0) is 4.79 Å². The Morgan fingerprint density at radius 3 is 1.86 bits per heavy atom. The Balaban J connectivity index is 2.88. The highest BCUT2D eigenvalue weighted by Crippen LogP contribution is 2.22. The van der Waals surface area contributed by atoms with Crippen molar-refractivity contribution in [1.82, 2.24) is 4.90 Å². The van der Waals surface area contributed by atoms with E-state index in [0.29, 0.717) is 16.9 Å². The summed E-state index contributed by atoms with van der Waals surface area (Å²) in [5, 5.41) is 0.710. The van der Waals surface area contributed by atoms with Crippen molar-refractivity contribution < 1.29 is 4.79 Å². The fourth-order valence-corrected chi connectivity index (χ4v) is 2.80. The maximum absolute atomic E-state index is 12.1. The van der Waals surface area contributed by atoms with Gasteiger partial charge in [0.05, 0.1) is 5.92 Å². The maximum Gasteiger partial charge on any atom is 0.138 e. The molecular weight excluding hydrogens is 282 g/mol. The summed E-state index contributed by atoms with van der Waals surface area (Å²) in [6.07, 6.45) is 0. The minimum Gasteiger partial charge on any atom is -0.302 e. The van der Waals surface area contributed by atoms with Crippen molar-refractivity contribution in [2.24, 2.45) is 11.8 Å². The zero-order chi connectivity index (χ0) is 16.0. The largest absolute Gasteiger partial charge is 0.302 e. The number of halogens is 1. The van der Waals surface area contributed by atoms with Crippen LogP contribution in [0.5, 0.6) is 0 Å². The van der Waals surface area contributed by atoms with E-state index in [9.17, 15) is 4.79 Å². The van der Waals surface area contributed by atoms with Crippen molar-refractivity contribution in [3.8, 4) is 0 Å². The summed E-state index contributed by atoms with van der Waals surface area (Å²) >= 11 is 5.94. The van der Waals surface area contributed by atoms with Gasteiger partial charge in [0, 0.05) is 24.7 Å². The number of carbonyl (C=O) groups excluding carboxylic acids is 1. The molecule has 3 heteroatoms. The van der Waals surface area contributed by atoms with Crippen LogP contribution < -0.4 is 0 Å². The number of hydrogen-bond acceptors (Lipinski definition) is 2. The normalized spacial score (nSPS) is 13.2. The number of ketones is 1. The molecule has 0 aromatic heterocycles. The third kappa shape index (κ3) is 6.62. The molecule has 0 aliphatic heterocycles. The molecule has 1 atom stereocenters. The van der Waals surface area contributed by atoms with Gasteiger partial charge in [-0.1, -0.05) is 51.4 Å². The van der Waals surface area contributed by atoms with Crippen LogP contribution >= 0.6 is 11.6 Å². The summed E-state index contributed by atoms with van der Waals surface area (Å²) in [5.41, 5.74) is 1.06. The number of hydrogen-bond donors (Lipinski definition) is 0. The van der Waals surface area contributed by atoms with E-state index in [4.69, 9.17) is 11.6 Å². The van der Waals surface area contributed by atoms with Crippen molar-refractivity contribution in [3.05, 3.63) is 34.9 Å². The number of nitrogens with zero attached hydrogens (tertiary/aromatic N) is 1. The first kappa shape index (κ1) is 18.2. The molecule has 1 aromatic carbocycles. The highest BCUT2D eigenvalue weighted by molar-refractivity contribution is 6.30. The van der Waals surface area contributed by atoms with Crippen LogP contribution in [0.3, 0.4) is 0 Å². The van der Waals surface area contributed by atoms with Crippen molar-refractivity contribution in [1.29, 1.82) is 0 Å². The molecule has 0 fully saturated rings. The first-order chi connectivity index (χ1) is 9.79. The Morgan fingerprint density at radius 2 is 1.48 bits per heavy atom. The molecule has 0 radical (unpaired) electrons. The van der Waals surface area contributed by atoms with E-state index in [1.54, 1.807) is 6.92 Å². The Bertz CT molecular complexity index is 429. The average Bonchev–Trinajstić information content (AvgIpc) is 2.35. The third-order valence-corrected chi connectivity index (χ3v) is 3.70. The number of benzene rings is 1. The molecule has 0 saturated carbocycles. The standard InChI is InChI=1S/C18H28ClNO/c1-13(2)10-20(11-14(3)4)12-18(15(5)21)16-6-8-17(19)9-7-16/h6-9,13-14,18H,10-12H2,1-5H3. The Hall–Kier alpha value is -0.860. The van der Waals surface area contributed by atoms with Crippen LogP contribution in [0.25, 0.3) is 0 Å². The minimum atomic E-state index is -0.0697. The molecule has 1 unspecified atom stereocenters. The van der Waals surface area contributed by atoms with Crippen molar-refractivity contribution >= 4 is 17.4 Å². The van der Waals surface area contributed by atoms with Crippen molar-refractivity contribution in [2.45, 2.75) is 40.5 Å². The Labute approximate surface area is 134 Å². The number of Topliss-reactive ketones (excluding diaryl/α,β-unsaturated/α-hetero) is 1. The van der Waals surface area contributed by atoms with Gasteiger partial charge in [0.2, 0.25) is 0 Å². The highest BCUT2D eigenvalue weighted by Gasteiger charge is 2.21. The zero-order valence-corrected chi connectivity index (χ0v) is 14.7. The van der Waals surface area contributed by atoms with Gasteiger partial charge in [0.25, 0.3) is 0 Å². The first-order valence-electron chi connectivity index (χ1n) is 7.77. The summed E-state index contributed by atoms with van der Waals surface area (Å²) in [6.45, 7) is 13.4. The van der Waals surface area contributed by atoms with Gasteiger partial charge < -0.3 is 4.90 Å². The molecule has 1 rings (SSSR count). The maximum atomic E-state index is 12.1. The SMILES string of the molecule is CC(=O)C(CN(CC(C)C)CC(C)C)c1ccc(Cl)cc1. The predicted octanol–water partition coefficient (Wildman–Crippen LogP) is 4.63. The molecule has 21 heavy (non-hydrogen) atoms. The molecule has 0 aliphatic carbocycles. The molecule has 2 nitrogen and oxygen atoms in total. The van der Waals surface area contributed by atoms with Crippen LogP contribution in [0.2, 0.25) is 5.02 Å². The van der Waals surface area contributed by atoms with Crippen LogP contribution in [0.4, 0.5) is 0 Å². The fraction of sp³-hybridized carbons (Fsp3) is 0.611. The predicted molar refractivity (Wildman–Crippen MR) is 91.0 cm³/mol. The lowest BCUT2D eigenvalue weighted by atomic mass is 9.94. The number of rotatable bonds is 8. The molecular formula is C18H28ClNO. The van der Waals surface area contributed by atoms with E-state index in [2.05, 4.69) is 32.6 Å². The topological polar surface area (TPSA) is 20.3 Å². The molecule has 0 amide bonds. The second-order valence-corrected chi connectivity index (χ2v) is 7.16. The lowest BCUT2D eigenvalue weighted by Crippen LogP contribution is -2.36. The van der Waals surface area contributed by atoms with Gasteiger partial charge in [0.1, 0.15) is 5.78 Å². The van der Waals surface area contributed by atoms with Gasteiger partial charge >= 0.3 is 0 Å². The monoisotopic (exact) mass is 309 g/mol. The summed E-state index contributed by atoms with van der Waals surface area (Å²) in [5.74, 6) is 1.35. The Morgan fingerprint density at radius 1 is 1.00 bits per heavy atom. The second kappa shape index (κ2) is 8.55. The molecule has 0 N–H and O–H groups in total. The molecule has 0 bridgehead atoms. The summed E-state index contributed by atoms with van der Waals surface area (Å²) in [4.78, 5) is 14.5. The van der Waals surface area contributed by atoms with Gasteiger partial charge in [-0.05, 0) is 36.5 Å². The van der Waals surface area contributed by atoms with E-state index in [1.807, 2.05) is 24.3 Å². The lowest BCUT2D eigenvalue weighted by Gasteiger charge is -2.29. The van der Waals surface area contributed by atoms with Crippen LogP contribution in [0, 0.1) is 11.8 Å². The minimum absolute atomic E-state index is 0.0697. The summed E-state index contributed by atoms with van der Waals surface area (Å²) < 4.78 is 0. The van der Waals surface area contributed by atoms with Crippen LogP contribution in [-0.4, -0.2) is 30.3 Å².